The van der Waals surface area contributed by atoms with E-state index in [4.69, 9.17) is 22.8 Å². The van der Waals surface area contributed by atoms with Crippen LogP contribution in [0.3, 0.4) is 0 Å². The van der Waals surface area contributed by atoms with Gasteiger partial charge in [-0.3, -0.25) is 9.00 Å². The zero-order chi connectivity index (χ0) is 18.0. The van der Waals surface area contributed by atoms with Crippen LogP contribution in [-0.4, -0.2) is 20.2 Å². The highest BCUT2D eigenvalue weighted by Crippen LogP contribution is 2.25. The SMILES string of the molecule is CS(=O)(=S)c1ccc(-c2cnn(Cc3ccccc3)c(=O)c2Cl)cc1. The van der Waals surface area contributed by atoms with E-state index in [1.807, 2.05) is 30.3 Å². The van der Waals surface area contributed by atoms with Gasteiger partial charge < -0.3 is 0 Å². The normalized spacial score (nSPS) is 13.4. The van der Waals surface area contributed by atoms with Gasteiger partial charge in [0.2, 0.25) is 0 Å². The fourth-order valence-electron chi connectivity index (χ4n) is 2.42. The van der Waals surface area contributed by atoms with Crippen molar-refractivity contribution >= 4 is 31.3 Å². The third kappa shape index (κ3) is 3.98. The lowest BCUT2D eigenvalue weighted by atomic mass is 10.1. The maximum Gasteiger partial charge on any atom is 0.286 e. The number of aromatic nitrogens is 2. The highest BCUT2D eigenvalue weighted by Gasteiger charge is 2.12. The average Bonchev–Trinajstić information content (AvgIpc) is 2.59. The highest BCUT2D eigenvalue weighted by atomic mass is 35.5. The number of halogens is 1. The Morgan fingerprint density at radius 1 is 1.12 bits per heavy atom. The molecule has 128 valence electrons. The van der Waals surface area contributed by atoms with E-state index < -0.39 is 8.49 Å². The lowest BCUT2D eigenvalue weighted by Gasteiger charge is -2.09. The molecule has 0 aliphatic rings. The number of hydrogen-bond donors (Lipinski definition) is 0. The van der Waals surface area contributed by atoms with Crippen LogP contribution in [0.25, 0.3) is 11.1 Å². The van der Waals surface area contributed by atoms with Crippen LogP contribution in [0.4, 0.5) is 0 Å². The molecule has 3 rings (SSSR count). The zero-order valence-electron chi connectivity index (χ0n) is 13.4. The van der Waals surface area contributed by atoms with Crippen LogP contribution in [-0.2, 0) is 26.2 Å². The van der Waals surface area contributed by atoms with Gasteiger partial charge in [0.25, 0.3) is 5.56 Å². The summed E-state index contributed by atoms with van der Waals surface area (Å²) in [5, 5.41) is 4.33. The first kappa shape index (κ1) is 17.8. The van der Waals surface area contributed by atoms with Gasteiger partial charge >= 0.3 is 0 Å². The summed E-state index contributed by atoms with van der Waals surface area (Å²) in [5.41, 5.74) is 1.88. The summed E-state index contributed by atoms with van der Waals surface area (Å²) in [6.45, 7) is 0.354. The molecular formula is C18H15ClN2O2S2. The van der Waals surface area contributed by atoms with E-state index in [9.17, 15) is 9.00 Å². The summed E-state index contributed by atoms with van der Waals surface area (Å²) in [6, 6.07) is 16.4. The predicted octanol–water partition coefficient (Wildman–Crippen LogP) is 3.35. The van der Waals surface area contributed by atoms with Crippen LogP contribution in [0.2, 0.25) is 5.02 Å². The van der Waals surface area contributed by atoms with Crippen molar-refractivity contribution in [3.05, 3.63) is 81.7 Å². The molecule has 2 aromatic carbocycles. The molecule has 0 spiro atoms. The Kier molecular flexibility index (Phi) is 5.03. The molecule has 1 unspecified atom stereocenters. The van der Waals surface area contributed by atoms with Gasteiger partial charge in [0, 0.05) is 16.7 Å². The van der Waals surface area contributed by atoms with Gasteiger partial charge in [-0.1, -0.05) is 54.1 Å². The van der Waals surface area contributed by atoms with Gasteiger partial charge in [-0.15, -0.1) is 0 Å². The molecule has 1 heterocycles. The first-order valence-electron chi connectivity index (χ1n) is 7.46. The molecule has 3 aromatic rings. The topological polar surface area (TPSA) is 52.0 Å². The Morgan fingerprint density at radius 3 is 2.36 bits per heavy atom. The van der Waals surface area contributed by atoms with Crippen molar-refractivity contribution in [2.24, 2.45) is 0 Å². The van der Waals surface area contributed by atoms with E-state index in [2.05, 4.69) is 5.10 Å². The predicted molar refractivity (Wildman–Crippen MR) is 104 cm³/mol. The Bertz CT molecular complexity index is 1060. The summed E-state index contributed by atoms with van der Waals surface area (Å²) in [7, 11) is -2.44. The molecule has 0 saturated heterocycles. The molecule has 0 aliphatic carbocycles. The van der Waals surface area contributed by atoms with Crippen LogP contribution in [0.5, 0.6) is 0 Å². The van der Waals surface area contributed by atoms with Gasteiger partial charge in [-0.05, 0) is 34.4 Å². The quantitative estimate of drug-likeness (QED) is 0.685. The molecule has 1 aromatic heterocycles. The fourth-order valence-corrected chi connectivity index (χ4v) is 3.64. The average molecular weight is 391 g/mol. The smallest absolute Gasteiger partial charge is 0.266 e. The number of benzene rings is 2. The summed E-state index contributed by atoms with van der Waals surface area (Å²) >= 11 is 11.3. The Labute approximate surface area is 155 Å². The minimum absolute atomic E-state index is 0.106. The van der Waals surface area contributed by atoms with Crippen molar-refractivity contribution in [2.75, 3.05) is 6.26 Å². The molecule has 0 radical (unpaired) electrons. The number of hydrogen-bond acceptors (Lipinski definition) is 4. The minimum Gasteiger partial charge on any atom is -0.266 e. The van der Waals surface area contributed by atoms with Gasteiger partial charge in [0.1, 0.15) is 5.02 Å². The van der Waals surface area contributed by atoms with Crippen LogP contribution >= 0.6 is 11.6 Å². The second kappa shape index (κ2) is 7.07. The van der Waals surface area contributed by atoms with Crippen molar-refractivity contribution in [3.63, 3.8) is 0 Å². The van der Waals surface area contributed by atoms with Crippen LogP contribution in [0.1, 0.15) is 5.56 Å². The zero-order valence-corrected chi connectivity index (χ0v) is 15.8. The molecule has 0 N–H and O–H groups in total. The maximum atomic E-state index is 12.5. The van der Waals surface area contributed by atoms with Crippen molar-refractivity contribution in [3.8, 4) is 11.1 Å². The Morgan fingerprint density at radius 2 is 1.76 bits per heavy atom. The molecule has 0 aliphatic heterocycles. The van der Waals surface area contributed by atoms with Gasteiger partial charge in [0.05, 0.1) is 21.2 Å². The molecule has 1 atom stereocenters. The van der Waals surface area contributed by atoms with E-state index >= 15 is 0 Å². The fraction of sp³-hybridized carbons (Fsp3) is 0.111. The summed E-state index contributed by atoms with van der Waals surface area (Å²) in [4.78, 5) is 13.1. The van der Waals surface area contributed by atoms with E-state index in [1.165, 1.54) is 10.9 Å². The monoisotopic (exact) mass is 390 g/mol. The standard InChI is InChI=1S/C18H15ClN2O2S2/c1-25(23,24)15-9-7-14(8-10-15)16-11-20-21(18(22)17(16)19)12-13-5-3-2-4-6-13/h2-11H,12H2,1H3. The molecule has 0 fully saturated rings. The second-order valence-electron chi connectivity index (χ2n) is 5.62. The minimum atomic E-state index is -2.44. The molecule has 0 saturated carbocycles. The Hall–Kier alpha value is -2.02. The second-order valence-corrected chi connectivity index (χ2v) is 9.92. The highest BCUT2D eigenvalue weighted by molar-refractivity contribution is 8.32. The first-order chi connectivity index (χ1) is 11.9. The van der Waals surface area contributed by atoms with Crippen molar-refractivity contribution in [2.45, 2.75) is 11.4 Å². The Balaban J connectivity index is 1.96. The van der Waals surface area contributed by atoms with E-state index in [-0.39, 0.29) is 10.6 Å². The van der Waals surface area contributed by atoms with Crippen molar-refractivity contribution in [1.29, 1.82) is 0 Å². The third-order valence-corrected chi connectivity index (χ3v) is 5.82. The van der Waals surface area contributed by atoms with Crippen LogP contribution in [0, 0.1) is 0 Å². The van der Waals surface area contributed by atoms with E-state index in [1.54, 1.807) is 30.5 Å². The lowest BCUT2D eigenvalue weighted by Crippen LogP contribution is -2.24. The summed E-state index contributed by atoms with van der Waals surface area (Å²) in [6.07, 6.45) is 3.08. The number of rotatable bonds is 4. The third-order valence-electron chi connectivity index (χ3n) is 3.75. The summed E-state index contributed by atoms with van der Waals surface area (Å²) in [5.74, 6) is 0. The molecule has 0 bridgehead atoms. The molecular weight excluding hydrogens is 376 g/mol. The first-order valence-corrected chi connectivity index (χ1v) is 10.7. The van der Waals surface area contributed by atoms with Gasteiger partial charge in [-0.25, -0.2) is 4.68 Å². The maximum absolute atomic E-state index is 12.5. The molecule has 25 heavy (non-hydrogen) atoms. The molecule has 0 amide bonds. The largest absolute Gasteiger partial charge is 0.286 e. The van der Waals surface area contributed by atoms with Crippen molar-refractivity contribution < 1.29 is 4.21 Å². The summed E-state index contributed by atoms with van der Waals surface area (Å²) < 4.78 is 13.2. The lowest BCUT2D eigenvalue weighted by molar-refractivity contribution is 0.640. The van der Waals surface area contributed by atoms with Crippen LogP contribution < -0.4 is 5.56 Å². The van der Waals surface area contributed by atoms with Crippen LogP contribution in [0.15, 0.2) is 70.5 Å². The number of nitrogens with zero attached hydrogens (tertiary/aromatic N) is 2. The van der Waals surface area contributed by atoms with Gasteiger partial charge in [-0.2, -0.15) is 5.10 Å². The molecule has 4 nitrogen and oxygen atoms in total. The van der Waals surface area contributed by atoms with Crippen molar-refractivity contribution in [1.82, 2.24) is 9.78 Å². The van der Waals surface area contributed by atoms with E-state index in [0.29, 0.717) is 17.0 Å². The van der Waals surface area contributed by atoms with Gasteiger partial charge in [0.15, 0.2) is 0 Å². The van der Waals surface area contributed by atoms with E-state index in [0.717, 1.165) is 11.1 Å². The molecule has 7 heteroatoms.